The lowest BCUT2D eigenvalue weighted by Gasteiger charge is -2.18. The molecular formula is C26H25N3O5S2. The molecule has 36 heavy (non-hydrogen) atoms. The summed E-state index contributed by atoms with van der Waals surface area (Å²) in [5.41, 5.74) is 2.20. The quantitative estimate of drug-likeness (QED) is 0.394. The summed E-state index contributed by atoms with van der Waals surface area (Å²) in [6.45, 7) is 5.57. The van der Waals surface area contributed by atoms with Crippen LogP contribution in [-0.2, 0) is 16.6 Å². The average molecular weight is 524 g/mol. The van der Waals surface area contributed by atoms with Crippen LogP contribution in [0, 0.1) is 6.92 Å². The van der Waals surface area contributed by atoms with Crippen molar-refractivity contribution in [3.8, 4) is 11.5 Å². The highest BCUT2D eigenvalue weighted by atomic mass is 32.2. The Morgan fingerprint density at radius 1 is 1.06 bits per heavy atom. The van der Waals surface area contributed by atoms with Gasteiger partial charge in [0.05, 0.1) is 26.4 Å². The number of sulfonamides is 1. The Balaban J connectivity index is 1.54. The van der Waals surface area contributed by atoms with Gasteiger partial charge in [0.15, 0.2) is 16.3 Å². The standard InChI is InChI=1S/C26H25N3O5S2/c1-3-12-29-21-15-22-23(34-14-13-33-22)16-24(21)35-26(29)27-25(30)19-6-4-5-7-20(19)28-36(31,32)18-10-8-17(2)9-11-18/h4-11,15-16,28H,3,12-14H2,1-2H3. The second-order valence-electron chi connectivity index (χ2n) is 8.38. The van der Waals surface area contributed by atoms with Gasteiger partial charge in [-0.3, -0.25) is 9.52 Å². The normalized spacial score (nSPS) is 13.7. The number of carbonyl (C=O) groups excluding carboxylic acids is 1. The molecule has 0 radical (unpaired) electrons. The Morgan fingerprint density at radius 2 is 1.75 bits per heavy atom. The minimum atomic E-state index is -3.88. The SMILES string of the molecule is CCCn1c(=NC(=O)c2ccccc2NS(=O)(=O)c2ccc(C)cc2)sc2cc3c(cc21)OCCO3. The van der Waals surface area contributed by atoms with E-state index in [1.54, 1.807) is 36.4 Å². The van der Waals surface area contributed by atoms with Crippen LogP contribution in [0.15, 0.2) is 70.6 Å². The maximum Gasteiger partial charge on any atom is 0.281 e. The Bertz CT molecular complexity index is 1620. The molecule has 0 fully saturated rings. The van der Waals surface area contributed by atoms with Gasteiger partial charge in [0.1, 0.15) is 13.2 Å². The Hall–Kier alpha value is -3.63. The number of thiazole rings is 1. The fraction of sp³-hybridized carbons (Fsp3) is 0.231. The third-order valence-electron chi connectivity index (χ3n) is 5.72. The molecule has 1 N–H and O–H groups in total. The summed E-state index contributed by atoms with van der Waals surface area (Å²) < 4.78 is 42.8. The summed E-state index contributed by atoms with van der Waals surface area (Å²) >= 11 is 1.38. The van der Waals surface area contributed by atoms with Crippen molar-refractivity contribution in [2.75, 3.05) is 17.9 Å². The van der Waals surface area contributed by atoms with Crippen LogP contribution >= 0.6 is 11.3 Å². The number of anilines is 1. The van der Waals surface area contributed by atoms with Gasteiger partial charge in [-0.15, -0.1) is 0 Å². The highest BCUT2D eigenvalue weighted by Crippen LogP contribution is 2.35. The molecular weight excluding hydrogens is 498 g/mol. The monoisotopic (exact) mass is 523 g/mol. The molecule has 0 saturated heterocycles. The summed E-state index contributed by atoms with van der Waals surface area (Å²) in [6, 6.07) is 16.8. The zero-order valence-electron chi connectivity index (χ0n) is 19.9. The number of para-hydroxylation sites is 1. The highest BCUT2D eigenvalue weighted by Gasteiger charge is 2.20. The Kier molecular flexibility index (Phi) is 6.55. The van der Waals surface area contributed by atoms with Crippen LogP contribution in [0.1, 0.15) is 29.3 Å². The van der Waals surface area contributed by atoms with E-state index in [4.69, 9.17) is 9.47 Å². The fourth-order valence-electron chi connectivity index (χ4n) is 3.96. The van der Waals surface area contributed by atoms with E-state index in [2.05, 4.69) is 16.6 Å². The molecule has 4 aromatic rings. The number of hydrogen-bond acceptors (Lipinski definition) is 6. The van der Waals surface area contributed by atoms with E-state index in [1.807, 2.05) is 23.6 Å². The predicted octanol–water partition coefficient (Wildman–Crippen LogP) is 4.73. The maximum atomic E-state index is 13.3. The molecule has 0 bridgehead atoms. The van der Waals surface area contributed by atoms with Crippen LogP contribution < -0.4 is 19.0 Å². The second-order valence-corrected chi connectivity index (χ2v) is 11.1. The van der Waals surface area contributed by atoms with Crippen LogP contribution in [0.5, 0.6) is 11.5 Å². The molecule has 3 aromatic carbocycles. The maximum absolute atomic E-state index is 13.3. The van der Waals surface area contributed by atoms with Crippen LogP contribution in [0.3, 0.4) is 0 Å². The topological polar surface area (TPSA) is 99.0 Å². The number of ether oxygens (including phenoxy) is 2. The number of fused-ring (bicyclic) bond motifs is 2. The van der Waals surface area contributed by atoms with E-state index < -0.39 is 15.9 Å². The number of nitrogens with one attached hydrogen (secondary N) is 1. The van der Waals surface area contributed by atoms with Gasteiger partial charge in [0.25, 0.3) is 15.9 Å². The lowest BCUT2D eigenvalue weighted by Crippen LogP contribution is -2.19. The van der Waals surface area contributed by atoms with Gasteiger partial charge in [0.2, 0.25) is 0 Å². The zero-order valence-corrected chi connectivity index (χ0v) is 21.5. The molecule has 0 spiro atoms. The van der Waals surface area contributed by atoms with Gasteiger partial charge >= 0.3 is 0 Å². The third-order valence-corrected chi connectivity index (χ3v) is 8.15. The molecule has 1 amide bonds. The van der Waals surface area contributed by atoms with Gasteiger partial charge in [-0.1, -0.05) is 48.1 Å². The Labute approximate surface area is 212 Å². The van der Waals surface area contributed by atoms with Crippen LogP contribution in [0.4, 0.5) is 5.69 Å². The molecule has 0 unspecified atom stereocenters. The molecule has 2 heterocycles. The van der Waals surface area contributed by atoms with Gasteiger partial charge in [0, 0.05) is 18.7 Å². The molecule has 1 aromatic heterocycles. The lowest BCUT2D eigenvalue weighted by molar-refractivity contribution is 0.0998. The van der Waals surface area contributed by atoms with E-state index in [1.165, 1.54) is 23.5 Å². The Morgan fingerprint density at radius 3 is 2.47 bits per heavy atom. The number of rotatable bonds is 6. The first kappa shape index (κ1) is 24.1. The van der Waals surface area contributed by atoms with Crippen LogP contribution in [0.25, 0.3) is 10.2 Å². The number of hydrogen-bond donors (Lipinski definition) is 1. The van der Waals surface area contributed by atoms with Crippen molar-refractivity contribution in [2.24, 2.45) is 4.99 Å². The molecule has 1 aliphatic heterocycles. The smallest absolute Gasteiger partial charge is 0.281 e. The average Bonchev–Trinajstić information content (AvgIpc) is 3.18. The van der Waals surface area contributed by atoms with Crippen molar-refractivity contribution in [1.82, 2.24) is 4.57 Å². The van der Waals surface area contributed by atoms with Gasteiger partial charge in [-0.25, -0.2) is 8.42 Å². The molecule has 0 aliphatic carbocycles. The molecule has 1 aliphatic rings. The van der Waals surface area contributed by atoms with Crippen molar-refractivity contribution >= 4 is 43.2 Å². The minimum Gasteiger partial charge on any atom is -0.486 e. The lowest BCUT2D eigenvalue weighted by atomic mass is 10.2. The number of carbonyl (C=O) groups is 1. The summed E-state index contributed by atoms with van der Waals surface area (Å²) in [5, 5.41) is 0. The van der Waals surface area contributed by atoms with E-state index in [9.17, 15) is 13.2 Å². The molecule has 8 nitrogen and oxygen atoms in total. The number of aromatic nitrogens is 1. The van der Waals surface area contributed by atoms with Crippen molar-refractivity contribution in [3.05, 3.63) is 76.6 Å². The van der Waals surface area contributed by atoms with Crippen LogP contribution in [0.2, 0.25) is 0 Å². The van der Waals surface area contributed by atoms with E-state index in [0.717, 1.165) is 22.2 Å². The second kappa shape index (κ2) is 9.79. The van der Waals surface area contributed by atoms with Gasteiger partial charge < -0.3 is 14.0 Å². The minimum absolute atomic E-state index is 0.117. The first-order valence-electron chi connectivity index (χ1n) is 11.6. The van der Waals surface area contributed by atoms with Crippen molar-refractivity contribution in [2.45, 2.75) is 31.7 Å². The summed E-state index contributed by atoms with van der Waals surface area (Å²) in [5.74, 6) is 0.809. The number of amides is 1. The van der Waals surface area contributed by atoms with Crippen molar-refractivity contribution < 1.29 is 22.7 Å². The number of aryl methyl sites for hydroxylation is 2. The zero-order chi connectivity index (χ0) is 25.3. The molecule has 0 saturated carbocycles. The van der Waals surface area contributed by atoms with E-state index in [-0.39, 0.29) is 16.1 Å². The largest absolute Gasteiger partial charge is 0.486 e. The summed E-state index contributed by atoms with van der Waals surface area (Å²) in [6.07, 6.45) is 0.842. The number of benzene rings is 3. The predicted molar refractivity (Wildman–Crippen MR) is 139 cm³/mol. The van der Waals surface area contributed by atoms with Gasteiger partial charge in [-0.2, -0.15) is 4.99 Å². The number of nitrogens with zero attached hydrogens (tertiary/aromatic N) is 2. The molecule has 10 heteroatoms. The highest BCUT2D eigenvalue weighted by molar-refractivity contribution is 7.92. The van der Waals surface area contributed by atoms with Crippen molar-refractivity contribution in [1.29, 1.82) is 0 Å². The molecule has 186 valence electrons. The first-order chi connectivity index (χ1) is 17.4. The van der Waals surface area contributed by atoms with Crippen LogP contribution in [-0.4, -0.2) is 32.1 Å². The fourth-order valence-corrected chi connectivity index (χ4v) is 6.10. The summed E-state index contributed by atoms with van der Waals surface area (Å²) in [4.78, 5) is 18.4. The van der Waals surface area contributed by atoms with E-state index >= 15 is 0 Å². The summed E-state index contributed by atoms with van der Waals surface area (Å²) in [7, 11) is -3.88. The van der Waals surface area contributed by atoms with E-state index in [0.29, 0.717) is 36.1 Å². The first-order valence-corrected chi connectivity index (χ1v) is 13.9. The van der Waals surface area contributed by atoms with Crippen molar-refractivity contribution in [3.63, 3.8) is 0 Å². The third kappa shape index (κ3) is 4.74. The molecule has 0 atom stereocenters. The molecule has 5 rings (SSSR count). The van der Waals surface area contributed by atoms with Gasteiger partial charge in [-0.05, 0) is 37.6 Å².